The van der Waals surface area contributed by atoms with Crippen molar-refractivity contribution in [2.75, 3.05) is 13.1 Å². The Bertz CT molecular complexity index is 314. The molecule has 0 radical (unpaired) electrons. The molecule has 2 atom stereocenters. The average molecular weight is 266 g/mol. The van der Waals surface area contributed by atoms with Gasteiger partial charge >= 0.3 is 0 Å². The van der Waals surface area contributed by atoms with Crippen molar-refractivity contribution in [3.05, 3.63) is 0 Å². The molecule has 2 aliphatic rings. The number of hydrogen-bond acceptors (Lipinski definition) is 3. The molecule has 108 valence electrons. The summed E-state index contributed by atoms with van der Waals surface area (Å²) in [5.74, 6) is 0.703. The smallest absolute Gasteiger partial charge is 0.229 e. The Kier molecular flexibility index (Phi) is 5.37. The second-order valence-corrected chi connectivity index (χ2v) is 5.83. The van der Waals surface area contributed by atoms with Gasteiger partial charge in [-0.3, -0.25) is 14.5 Å². The predicted octanol–water partition coefficient (Wildman–Crippen LogP) is 2.08. The van der Waals surface area contributed by atoms with E-state index in [1.807, 2.05) is 0 Å². The monoisotopic (exact) mass is 266 g/mol. The molecule has 0 aromatic heterocycles. The molecule has 1 N–H and O–H groups in total. The molecule has 1 heterocycles. The molecule has 2 rings (SSSR count). The van der Waals surface area contributed by atoms with E-state index in [4.69, 9.17) is 0 Å². The van der Waals surface area contributed by atoms with Crippen LogP contribution in [0.1, 0.15) is 58.3 Å². The molecule has 4 heteroatoms. The fourth-order valence-electron chi connectivity index (χ4n) is 3.32. The van der Waals surface area contributed by atoms with Crippen LogP contribution in [0.4, 0.5) is 0 Å². The Labute approximate surface area is 115 Å². The van der Waals surface area contributed by atoms with Crippen LogP contribution in [0.25, 0.3) is 0 Å². The molecular formula is C15H26N2O2. The summed E-state index contributed by atoms with van der Waals surface area (Å²) >= 11 is 0. The normalized spacial score (nSPS) is 28.2. The molecule has 1 aliphatic heterocycles. The standard InChI is InChI=1S/C15H26N2O2/c1-2-10-16-13-6-3-5-12(13)9-11-17-14(18)7-4-8-15(17)19/h12-13,16H,2-11H2,1H3. The predicted molar refractivity (Wildman–Crippen MR) is 74.6 cm³/mol. The van der Waals surface area contributed by atoms with Gasteiger partial charge < -0.3 is 5.32 Å². The maximum Gasteiger partial charge on any atom is 0.229 e. The minimum Gasteiger partial charge on any atom is -0.314 e. The lowest BCUT2D eigenvalue weighted by Gasteiger charge is -2.28. The number of amides is 2. The number of imide groups is 1. The van der Waals surface area contributed by atoms with Crippen molar-refractivity contribution in [2.45, 2.75) is 64.3 Å². The van der Waals surface area contributed by atoms with Crippen LogP contribution >= 0.6 is 0 Å². The lowest BCUT2D eigenvalue weighted by molar-refractivity contribution is -0.148. The summed E-state index contributed by atoms with van der Waals surface area (Å²) in [7, 11) is 0. The molecular weight excluding hydrogens is 240 g/mol. The molecule has 1 aliphatic carbocycles. The number of carbonyl (C=O) groups is 2. The summed E-state index contributed by atoms with van der Waals surface area (Å²) in [5, 5.41) is 3.60. The van der Waals surface area contributed by atoms with Crippen molar-refractivity contribution in [1.29, 1.82) is 0 Å². The maximum atomic E-state index is 11.8. The number of nitrogens with one attached hydrogen (secondary N) is 1. The first-order chi connectivity index (χ1) is 9.22. The Morgan fingerprint density at radius 3 is 2.58 bits per heavy atom. The molecule has 0 aromatic carbocycles. The van der Waals surface area contributed by atoms with Gasteiger partial charge in [-0.1, -0.05) is 13.3 Å². The molecule has 2 fully saturated rings. The number of carbonyl (C=O) groups excluding carboxylic acids is 2. The highest BCUT2D eigenvalue weighted by molar-refractivity contribution is 5.97. The average Bonchev–Trinajstić information content (AvgIpc) is 2.83. The van der Waals surface area contributed by atoms with Gasteiger partial charge in [-0.2, -0.15) is 0 Å². The first-order valence-corrected chi connectivity index (χ1v) is 7.79. The third-order valence-electron chi connectivity index (χ3n) is 4.42. The zero-order chi connectivity index (χ0) is 13.7. The van der Waals surface area contributed by atoms with Crippen LogP contribution in [0.3, 0.4) is 0 Å². The van der Waals surface area contributed by atoms with Crippen molar-refractivity contribution in [2.24, 2.45) is 5.92 Å². The van der Waals surface area contributed by atoms with E-state index in [-0.39, 0.29) is 11.8 Å². The van der Waals surface area contributed by atoms with Gasteiger partial charge in [-0.15, -0.1) is 0 Å². The number of nitrogens with zero attached hydrogens (tertiary/aromatic N) is 1. The first-order valence-electron chi connectivity index (χ1n) is 7.79. The van der Waals surface area contributed by atoms with Crippen molar-refractivity contribution in [1.82, 2.24) is 10.2 Å². The zero-order valence-electron chi connectivity index (χ0n) is 12.0. The van der Waals surface area contributed by atoms with Gasteiger partial charge in [-0.25, -0.2) is 0 Å². The Balaban J connectivity index is 1.80. The molecule has 1 saturated heterocycles. The molecule has 2 amide bonds. The van der Waals surface area contributed by atoms with Crippen LogP contribution < -0.4 is 5.32 Å². The highest BCUT2D eigenvalue weighted by Crippen LogP contribution is 2.29. The minimum absolute atomic E-state index is 0.0346. The van der Waals surface area contributed by atoms with E-state index in [1.54, 1.807) is 0 Å². The zero-order valence-corrected chi connectivity index (χ0v) is 12.0. The lowest BCUT2D eigenvalue weighted by atomic mass is 9.98. The van der Waals surface area contributed by atoms with Gasteiger partial charge in [0, 0.05) is 25.4 Å². The van der Waals surface area contributed by atoms with Gasteiger partial charge in [0.05, 0.1) is 0 Å². The molecule has 0 spiro atoms. The summed E-state index contributed by atoms with van der Waals surface area (Å²) in [4.78, 5) is 25.0. The second-order valence-electron chi connectivity index (χ2n) is 5.83. The highest BCUT2D eigenvalue weighted by atomic mass is 16.2. The van der Waals surface area contributed by atoms with Crippen molar-refractivity contribution in [3.8, 4) is 0 Å². The Morgan fingerprint density at radius 2 is 1.89 bits per heavy atom. The topological polar surface area (TPSA) is 49.4 Å². The van der Waals surface area contributed by atoms with Crippen LogP contribution in [-0.2, 0) is 9.59 Å². The summed E-state index contributed by atoms with van der Waals surface area (Å²) in [5.41, 5.74) is 0. The number of piperidine rings is 1. The van der Waals surface area contributed by atoms with Gasteiger partial charge in [0.25, 0.3) is 0 Å². The van der Waals surface area contributed by atoms with Gasteiger partial charge in [0.15, 0.2) is 0 Å². The molecule has 19 heavy (non-hydrogen) atoms. The number of likely N-dealkylation sites (tertiary alicyclic amines) is 1. The van der Waals surface area contributed by atoms with Crippen LogP contribution in [0, 0.1) is 5.92 Å². The summed E-state index contributed by atoms with van der Waals surface area (Å²) in [6.45, 7) is 3.89. The molecule has 1 saturated carbocycles. The molecule has 0 bridgehead atoms. The largest absolute Gasteiger partial charge is 0.314 e. The van der Waals surface area contributed by atoms with Gasteiger partial charge in [0.1, 0.15) is 0 Å². The first kappa shape index (κ1) is 14.5. The molecule has 4 nitrogen and oxygen atoms in total. The van der Waals surface area contributed by atoms with Gasteiger partial charge in [-0.05, 0) is 44.6 Å². The fraction of sp³-hybridized carbons (Fsp3) is 0.867. The lowest BCUT2D eigenvalue weighted by Crippen LogP contribution is -2.42. The third-order valence-corrected chi connectivity index (χ3v) is 4.42. The summed E-state index contributed by atoms with van der Waals surface area (Å²) in [6.07, 6.45) is 7.71. The quantitative estimate of drug-likeness (QED) is 0.749. The second kappa shape index (κ2) is 7.04. The van der Waals surface area contributed by atoms with E-state index in [1.165, 1.54) is 24.2 Å². The van der Waals surface area contributed by atoms with Crippen molar-refractivity contribution >= 4 is 11.8 Å². The van der Waals surface area contributed by atoms with Crippen LogP contribution in [-0.4, -0.2) is 35.8 Å². The SMILES string of the molecule is CCCNC1CCCC1CCN1C(=O)CCCC1=O. The minimum atomic E-state index is 0.0346. The maximum absolute atomic E-state index is 11.8. The highest BCUT2D eigenvalue weighted by Gasteiger charge is 2.30. The van der Waals surface area contributed by atoms with Gasteiger partial charge in [0.2, 0.25) is 11.8 Å². The van der Waals surface area contributed by atoms with Crippen molar-refractivity contribution < 1.29 is 9.59 Å². The van der Waals surface area contributed by atoms with E-state index in [0.717, 1.165) is 25.8 Å². The van der Waals surface area contributed by atoms with Crippen molar-refractivity contribution in [3.63, 3.8) is 0 Å². The van der Waals surface area contributed by atoms with E-state index < -0.39 is 0 Å². The Hall–Kier alpha value is -0.900. The Morgan fingerprint density at radius 1 is 1.16 bits per heavy atom. The summed E-state index contributed by atoms with van der Waals surface area (Å²) < 4.78 is 0. The van der Waals surface area contributed by atoms with Crippen LogP contribution in [0.2, 0.25) is 0 Å². The molecule has 0 aromatic rings. The van der Waals surface area contributed by atoms with E-state index in [2.05, 4.69) is 12.2 Å². The molecule has 2 unspecified atom stereocenters. The van der Waals surface area contributed by atoms with Crippen LogP contribution in [0.15, 0.2) is 0 Å². The van der Waals surface area contributed by atoms with E-state index in [9.17, 15) is 9.59 Å². The van der Waals surface area contributed by atoms with Crippen LogP contribution in [0.5, 0.6) is 0 Å². The van der Waals surface area contributed by atoms with E-state index in [0.29, 0.717) is 31.3 Å². The number of hydrogen-bond donors (Lipinski definition) is 1. The summed E-state index contributed by atoms with van der Waals surface area (Å²) in [6, 6.07) is 0.593. The fourth-order valence-corrected chi connectivity index (χ4v) is 3.32. The third kappa shape index (κ3) is 3.78. The van der Waals surface area contributed by atoms with E-state index >= 15 is 0 Å². The number of rotatable bonds is 6.